The van der Waals surface area contributed by atoms with Crippen LogP contribution in [0.4, 0.5) is 11.4 Å². The van der Waals surface area contributed by atoms with Crippen LogP contribution in [0.25, 0.3) is 0 Å². The SMILES string of the molecule is CCN(CC)c1ccc(NC(=O)CNC)cc1. The minimum absolute atomic E-state index is 0.0249. The van der Waals surface area contributed by atoms with Gasteiger partial charge in [0.25, 0.3) is 0 Å². The molecule has 0 radical (unpaired) electrons. The van der Waals surface area contributed by atoms with Crippen LogP contribution in [0.2, 0.25) is 0 Å². The van der Waals surface area contributed by atoms with E-state index in [0.717, 1.165) is 18.8 Å². The smallest absolute Gasteiger partial charge is 0.238 e. The molecule has 94 valence electrons. The molecule has 0 saturated heterocycles. The number of nitrogens with zero attached hydrogens (tertiary/aromatic N) is 1. The van der Waals surface area contributed by atoms with Crippen LogP contribution in [0.1, 0.15) is 13.8 Å². The molecule has 0 aliphatic carbocycles. The van der Waals surface area contributed by atoms with Gasteiger partial charge in [0.1, 0.15) is 0 Å². The number of anilines is 2. The Morgan fingerprint density at radius 1 is 1.18 bits per heavy atom. The van der Waals surface area contributed by atoms with Crippen molar-refractivity contribution in [2.24, 2.45) is 0 Å². The molecule has 2 N–H and O–H groups in total. The monoisotopic (exact) mass is 235 g/mol. The summed E-state index contributed by atoms with van der Waals surface area (Å²) in [6.07, 6.45) is 0. The molecule has 0 aliphatic heterocycles. The topological polar surface area (TPSA) is 44.4 Å². The quantitative estimate of drug-likeness (QED) is 0.788. The molecule has 4 nitrogen and oxygen atoms in total. The summed E-state index contributed by atoms with van der Waals surface area (Å²) in [6.45, 7) is 6.57. The van der Waals surface area contributed by atoms with E-state index in [1.807, 2.05) is 24.3 Å². The van der Waals surface area contributed by atoms with Crippen molar-refractivity contribution in [3.8, 4) is 0 Å². The first-order valence-corrected chi connectivity index (χ1v) is 6.00. The molecule has 4 heteroatoms. The largest absolute Gasteiger partial charge is 0.372 e. The second-order valence-electron chi connectivity index (χ2n) is 3.80. The second-order valence-corrected chi connectivity index (χ2v) is 3.80. The third kappa shape index (κ3) is 4.07. The standard InChI is InChI=1S/C13H21N3O/c1-4-16(5-2)12-8-6-11(7-9-12)15-13(17)10-14-3/h6-9,14H,4-5,10H2,1-3H3,(H,15,17). The number of nitrogens with one attached hydrogen (secondary N) is 2. The fourth-order valence-electron chi connectivity index (χ4n) is 1.71. The first kappa shape index (κ1) is 13.5. The molecule has 17 heavy (non-hydrogen) atoms. The van der Waals surface area contributed by atoms with Crippen LogP contribution in [0.15, 0.2) is 24.3 Å². The van der Waals surface area contributed by atoms with E-state index in [4.69, 9.17) is 0 Å². The van der Waals surface area contributed by atoms with Gasteiger partial charge in [0.05, 0.1) is 6.54 Å². The van der Waals surface area contributed by atoms with Crippen LogP contribution in [-0.4, -0.2) is 32.6 Å². The molecule has 1 aromatic carbocycles. The zero-order valence-electron chi connectivity index (χ0n) is 10.8. The molecule has 1 rings (SSSR count). The molecule has 0 unspecified atom stereocenters. The Kier molecular flexibility index (Phi) is 5.49. The minimum Gasteiger partial charge on any atom is -0.372 e. The van der Waals surface area contributed by atoms with Crippen molar-refractivity contribution in [1.29, 1.82) is 0 Å². The Labute approximate surface area is 103 Å². The first-order chi connectivity index (χ1) is 8.21. The number of likely N-dealkylation sites (N-methyl/N-ethyl adjacent to an activating group) is 1. The number of carbonyl (C=O) groups is 1. The average Bonchev–Trinajstić information content (AvgIpc) is 2.33. The van der Waals surface area contributed by atoms with Gasteiger partial charge in [-0.15, -0.1) is 0 Å². The lowest BCUT2D eigenvalue weighted by atomic mass is 10.2. The Hall–Kier alpha value is -1.55. The number of hydrogen-bond acceptors (Lipinski definition) is 3. The summed E-state index contributed by atoms with van der Waals surface area (Å²) in [7, 11) is 1.75. The Bertz CT molecular complexity index is 344. The van der Waals surface area contributed by atoms with E-state index < -0.39 is 0 Å². The van der Waals surface area contributed by atoms with Gasteiger partial charge in [-0.25, -0.2) is 0 Å². The highest BCUT2D eigenvalue weighted by atomic mass is 16.1. The molecule has 0 aromatic heterocycles. The van der Waals surface area contributed by atoms with Crippen LogP contribution in [0.5, 0.6) is 0 Å². The molecule has 0 heterocycles. The Balaban J connectivity index is 2.64. The van der Waals surface area contributed by atoms with Gasteiger partial charge >= 0.3 is 0 Å². The summed E-state index contributed by atoms with van der Waals surface area (Å²) in [5.74, 6) is -0.0249. The molecular weight excluding hydrogens is 214 g/mol. The molecular formula is C13H21N3O. The van der Waals surface area contributed by atoms with E-state index in [-0.39, 0.29) is 5.91 Å². The third-order valence-corrected chi connectivity index (χ3v) is 2.62. The fraction of sp³-hybridized carbons (Fsp3) is 0.462. The van der Waals surface area contributed by atoms with Gasteiger partial charge in [-0.3, -0.25) is 4.79 Å². The van der Waals surface area contributed by atoms with Crippen LogP contribution in [0.3, 0.4) is 0 Å². The molecule has 0 spiro atoms. The summed E-state index contributed by atoms with van der Waals surface area (Å²) >= 11 is 0. The fourth-order valence-corrected chi connectivity index (χ4v) is 1.71. The van der Waals surface area contributed by atoms with Crippen molar-refractivity contribution in [3.63, 3.8) is 0 Å². The highest BCUT2D eigenvalue weighted by Crippen LogP contribution is 2.17. The summed E-state index contributed by atoms with van der Waals surface area (Å²) in [5.41, 5.74) is 2.02. The van der Waals surface area contributed by atoms with Gasteiger partial charge in [-0.2, -0.15) is 0 Å². The molecule has 0 fully saturated rings. The number of carbonyl (C=O) groups excluding carboxylic acids is 1. The van der Waals surface area contributed by atoms with E-state index in [1.54, 1.807) is 7.05 Å². The van der Waals surface area contributed by atoms with Crippen molar-refractivity contribution in [3.05, 3.63) is 24.3 Å². The predicted molar refractivity (Wildman–Crippen MR) is 72.6 cm³/mol. The van der Waals surface area contributed by atoms with Gasteiger partial charge in [0.15, 0.2) is 0 Å². The molecule has 1 amide bonds. The Morgan fingerprint density at radius 3 is 2.24 bits per heavy atom. The lowest BCUT2D eigenvalue weighted by molar-refractivity contribution is -0.115. The molecule has 0 bridgehead atoms. The molecule has 0 aliphatic rings. The number of benzene rings is 1. The normalized spacial score (nSPS) is 10.1. The average molecular weight is 235 g/mol. The number of amides is 1. The van der Waals surface area contributed by atoms with E-state index in [1.165, 1.54) is 5.69 Å². The van der Waals surface area contributed by atoms with Gasteiger partial charge < -0.3 is 15.5 Å². The minimum atomic E-state index is -0.0249. The highest BCUT2D eigenvalue weighted by molar-refractivity contribution is 5.92. The van der Waals surface area contributed by atoms with Gasteiger partial charge in [-0.05, 0) is 45.2 Å². The molecule has 0 atom stereocenters. The van der Waals surface area contributed by atoms with E-state index in [9.17, 15) is 4.79 Å². The lowest BCUT2D eigenvalue weighted by Gasteiger charge is -2.21. The van der Waals surface area contributed by atoms with Crippen molar-refractivity contribution < 1.29 is 4.79 Å². The summed E-state index contributed by atoms with van der Waals surface area (Å²) in [6, 6.07) is 7.92. The number of rotatable bonds is 6. The number of hydrogen-bond donors (Lipinski definition) is 2. The van der Waals surface area contributed by atoms with Crippen molar-refractivity contribution >= 4 is 17.3 Å². The van der Waals surface area contributed by atoms with Crippen molar-refractivity contribution in [2.75, 3.05) is 36.9 Å². The maximum absolute atomic E-state index is 11.4. The third-order valence-electron chi connectivity index (χ3n) is 2.62. The van der Waals surface area contributed by atoms with Crippen molar-refractivity contribution in [1.82, 2.24) is 5.32 Å². The van der Waals surface area contributed by atoms with Crippen LogP contribution in [0, 0.1) is 0 Å². The maximum atomic E-state index is 11.4. The van der Waals surface area contributed by atoms with Crippen LogP contribution in [-0.2, 0) is 4.79 Å². The first-order valence-electron chi connectivity index (χ1n) is 6.00. The van der Waals surface area contributed by atoms with E-state index in [2.05, 4.69) is 29.4 Å². The maximum Gasteiger partial charge on any atom is 0.238 e. The van der Waals surface area contributed by atoms with Gasteiger partial charge in [-0.1, -0.05) is 0 Å². The van der Waals surface area contributed by atoms with E-state index in [0.29, 0.717) is 6.54 Å². The predicted octanol–water partition coefficient (Wildman–Crippen LogP) is 1.69. The van der Waals surface area contributed by atoms with E-state index >= 15 is 0 Å². The highest BCUT2D eigenvalue weighted by Gasteiger charge is 2.03. The van der Waals surface area contributed by atoms with Crippen LogP contribution < -0.4 is 15.5 Å². The zero-order chi connectivity index (χ0) is 12.7. The summed E-state index contributed by atoms with van der Waals surface area (Å²) in [5, 5.41) is 5.64. The second kappa shape index (κ2) is 6.91. The zero-order valence-corrected chi connectivity index (χ0v) is 10.8. The Morgan fingerprint density at radius 2 is 1.76 bits per heavy atom. The summed E-state index contributed by atoms with van der Waals surface area (Å²) < 4.78 is 0. The molecule has 1 aromatic rings. The van der Waals surface area contributed by atoms with Gasteiger partial charge in [0.2, 0.25) is 5.91 Å². The van der Waals surface area contributed by atoms with Crippen molar-refractivity contribution in [2.45, 2.75) is 13.8 Å². The summed E-state index contributed by atoms with van der Waals surface area (Å²) in [4.78, 5) is 13.6. The van der Waals surface area contributed by atoms with Gasteiger partial charge in [0, 0.05) is 24.5 Å². The molecule has 0 saturated carbocycles. The lowest BCUT2D eigenvalue weighted by Crippen LogP contribution is -2.25. The van der Waals surface area contributed by atoms with Crippen LogP contribution >= 0.6 is 0 Å².